The summed E-state index contributed by atoms with van der Waals surface area (Å²) in [7, 11) is 0. The first-order chi connectivity index (χ1) is 7.77. The molecule has 0 radical (unpaired) electrons. The van der Waals surface area contributed by atoms with Crippen LogP contribution in [0.1, 0.15) is 48.9 Å². The smallest absolute Gasteiger partial charge is 0.166 e. The van der Waals surface area contributed by atoms with E-state index in [2.05, 4.69) is 0 Å². The normalized spacial score (nSPS) is 18.1. The molecule has 2 rings (SSSR count). The van der Waals surface area contributed by atoms with Crippen LogP contribution < -0.4 is 0 Å². The van der Waals surface area contributed by atoms with Crippen LogP contribution in [0.4, 0.5) is 4.39 Å². The zero-order valence-electron chi connectivity index (χ0n) is 9.42. The van der Waals surface area contributed by atoms with E-state index in [0.29, 0.717) is 5.56 Å². The largest absolute Gasteiger partial charge is 0.294 e. The maximum absolute atomic E-state index is 13.0. The molecule has 16 heavy (non-hydrogen) atoms. The van der Waals surface area contributed by atoms with Gasteiger partial charge in [0.15, 0.2) is 5.78 Å². The molecule has 1 nitrogen and oxygen atoms in total. The Balaban J connectivity index is 2.11. The molecule has 1 saturated carbocycles. The summed E-state index contributed by atoms with van der Waals surface area (Å²) in [5, 5.41) is 0. The lowest BCUT2D eigenvalue weighted by atomic mass is 9.91. The molecule has 1 fully saturated rings. The van der Waals surface area contributed by atoms with E-state index in [0.717, 1.165) is 25.7 Å². The predicted molar refractivity (Wildman–Crippen MR) is 61.9 cm³/mol. The van der Waals surface area contributed by atoms with Crippen LogP contribution >= 0.6 is 0 Å². The van der Waals surface area contributed by atoms with Crippen molar-refractivity contribution in [2.45, 2.75) is 38.5 Å². The second kappa shape index (κ2) is 5.24. The van der Waals surface area contributed by atoms with Crippen LogP contribution in [0, 0.1) is 11.7 Å². The molecule has 0 aromatic heterocycles. The Kier molecular flexibility index (Phi) is 3.70. The van der Waals surface area contributed by atoms with Gasteiger partial charge in [0.2, 0.25) is 0 Å². The summed E-state index contributed by atoms with van der Waals surface area (Å²) in [5.74, 6) is -0.0785. The van der Waals surface area contributed by atoms with Gasteiger partial charge < -0.3 is 0 Å². The topological polar surface area (TPSA) is 17.1 Å². The minimum Gasteiger partial charge on any atom is -0.294 e. The molecule has 0 bridgehead atoms. The molecule has 1 aromatic carbocycles. The molecule has 0 spiro atoms. The Bertz CT molecular complexity index is 365. The lowest BCUT2D eigenvalue weighted by molar-refractivity contribution is 0.0907. The zero-order chi connectivity index (χ0) is 11.4. The van der Waals surface area contributed by atoms with Gasteiger partial charge in [-0.05, 0) is 25.0 Å². The lowest BCUT2D eigenvalue weighted by Crippen LogP contribution is -2.14. The monoisotopic (exact) mass is 220 g/mol. The summed E-state index contributed by atoms with van der Waals surface area (Å²) in [4.78, 5) is 12.1. The summed E-state index contributed by atoms with van der Waals surface area (Å²) >= 11 is 0. The molecule has 0 heterocycles. The van der Waals surface area contributed by atoms with E-state index in [1.54, 1.807) is 12.1 Å². The molecule has 1 aliphatic carbocycles. The number of Topliss-reactive ketones (excluding diaryl/α,β-unsaturated/α-hetero) is 1. The molecule has 0 atom stereocenters. The predicted octanol–water partition coefficient (Wildman–Crippen LogP) is 3.98. The number of hydrogen-bond donors (Lipinski definition) is 0. The Morgan fingerprint density at radius 2 is 1.81 bits per heavy atom. The number of carbonyl (C=O) groups is 1. The van der Waals surface area contributed by atoms with Crippen LogP contribution in [0.15, 0.2) is 24.3 Å². The Hall–Kier alpha value is -1.18. The van der Waals surface area contributed by atoms with Gasteiger partial charge in [0.25, 0.3) is 0 Å². The molecule has 0 aliphatic heterocycles. The van der Waals surface area contributed by atoms with Crippen molar-refractivity contribution in [3.05, 3.63) is 35.6 Å². The molecule has 0 N–H and O–H groups in total. The van der Waals surface area contributed by atoms with E-state index >= 15 is 0 Å². The third kappa shape index (κ3) is 2.69. The van der Waals surface area contributed by atoms with E-state index in [1.165, 1.54) is 25.0 Å². The maximum Gasteiger partial charge on any atom is 0.166 e. The Labute approximate surface area is 95.7 Å². The fraction of sp³-hybridized carbons (Fsp3) is 0.500. The van der Waals surface area contributed by atoms with Crippen LogP contribution in [-0.4, -0.2) is 5.78 Å². The van der Waals surface area contributed by atoms with Crippen molar-refractivity contribution in [3.63, 3.8) is 0 Å². The highest BCUT2D eigenvalue weighted by atomic mass is 19.1. The number of rotatable bonds is 2. The molecule has 1 aromatic rings. The fourth-order valence-electron chi connectivity index (χ4n) is 2.42. The molecular formula is C14H17FO. The third-order valence-corrected chi connectivity index (χ3v) is 3.34. The second-order valence-corrected chi connectivity index (χ2v) is 4.56. The SMILES string of the molecule is O=C(c1cccc(F)c1)C1CCCCCC1. The minimum absolute atomic E-state index is 0.115. The quantitative estimate of drug-likeness (QED) is 0.544. The summed E-state index contributed by atoms with van der Waals surface area (Å²) < 4.78 is 13.0. The first-order valence-corrected chi connectivity index (χ1v) is 6.07. The average molecular weight is 220 g/mol. The Morgan fingerprint density at radius 3 is 2.44 bits per heavy atom. The van der Waals surface area contributed by atoms with Crippen LogP contribution in [0.25, 0.3) is 0 Å². The zero-order valence-corrected chi connectivity index (χ0v) is 9.42. The third-order valence-electron chi connectivity index (χ3n) is 3.34. The van der Waals surface area contributed by atoms with Crippen molar-refractivity contribution in [2.75, 3.05) is 0 Å². The van der Waals surface area contributed by atoms with Crippen molar-refractivity contribution >= 4 is 5.78 Å². The van der Waals surface area contributed by atoms with Crippen molar-refractivity contribution in [3.8, 4) is 0 Å². The highest BCUT2D eigenvalue weighted by Gasteiger charge is 2.21. The lowest BCUT2D eigenvalue weighted by Gasteiger charge is -2.12. The number of hydrogen-bond acceptors (Lipinski definition) is 1. The second-order valence-electron chi connectivity index (χ2n) is 4.56. The first-order valence-electron chi connectivity index (χ1n) is 6.07. The number of halogens is 1. The summed E-state index contributed by atoms with van der Waals surface area (Å²) in [5.41, 5.74) is 0.534. The number of carbonyl (C=O) groups excluding carboxylic acids is 1. The Morgan fingerprint density at radius 1 is 1.12 bits per heavy atom. The van der Waals surface area contributed by atoms with Gasteiger partial charge in [0, 0.05) is 11.5 Å². The van der Waals surface area contributed by atoms with Gasteiger partial charge >= 0.3 is 0 Å². The number of benzene rings is 1. The van der Waals surface area contributed by atoms with E-state index in [4.69, 9.17) is 0 Å². The van der Waals surface area contributed by atoms with Crippen LogP contribution in [-0.2, 0) is 0 Å². The van der Waals surface area contributed by atoms with E-state index < -0.39 is 0 Å². The first kappa shape index (κ1) is 11.3. The van der Waals surface area contributed by atoms with Gasteiger partial charge in [-0.3, -0.25) is 4.79 Å². The van der Waals surface area contributed by atoms with E-state index in [-0.39, 0.29) is 17.5 Å². The van der Waals surface area contributed by atoms with Crippen molar-refractivity contribution < 1.29 is 9.18 Å². The van der Waals surface area contributed by atoms with E-state index in [9.17, 15) is 9.18 Å². The van der Waals surface area contributed by atoms with Crippen LogP contribution in [0.5, 0.6) is 0 Å². The average Bonchev–Trinajstić information content (AvgIpc) is 2.56. The summed E-state index contributed by atoms with van der Waals surface area (Å²) in [6.07, 6.45) is 6.65. The molecule has 0 saturated heterocycles. The number of ketones is 1. The van der Waals surface area contributed by atoms with E-state index in [1.807, 2.05) is 0 Å². The molecule has 1 aliphatic rings. The van der Waals surface area contributed by atoms with Gasteiger partial charge in [-0.2, -0.15) is 0 Å². The van der Waals surface area contributed by atoms with Crippen molar-refractivity contribution in [1.29, 1.82) is 0 Å². The van der Waals surface area contributed by atoms with Gasteiger partial charge in [0.05, 0.1) is 0 Å². The summed E-state index contributed by atoms with van der Waals surface area (Å²) in [6.45, 7) is 0. The highest BCUT2D eigenvalue weighted by molar-refractivity contribution is 5.97. The van der Waals surface area contributed by atoms with Gasteiger partial charge in [-0.25, -0.2) is 4.39 Å². The fourth-order valence-corrected chi connectivity index (χ4v) is 2.42. The van der Waals surface area contributed by atoms with Gasteiger partial charge in [-0.15, -0.1) is 0 Å². The standard InChI is InChI=1S/C14H17FO/c15-13-9-5-8-12(10-13)14(16)11-6-3-1-2-4-7-11/h5,8-11H,1-4,6-7H2. The van der Waals surface area contributed by atoms with Crippen molar-refractivity contribution in [1.82, 2.24) is 0 Å². The molecule has 2 heteroatoms. The van der Waals surface area contributed by atoms with Gasteiger partial charge in [0.1, 0.15) is 5.82 Å². The maximum atomic E-state index is 13.0. The molecule has 0 unspecified atom stereocenters. The van der Waals surface area contributed by atoms with Crippen LogP contribution in [0.2, 0.25) is 0 Å². The van der Waals surface area contributed by atoms with Gasteiger partial charge in [-0.1, -0.05) is 37.8 Å². The van der Waals surface area contributed by atoms with Crippen molar-refractivity contribution in [2.24, 2.45) is 5.92 Å². The summed E-state index contributed by atoms with van der Waals surface area (Å²) in [6, 6.07) is 6.06. The molecule has 86 valence electrons. The molecule has 0 amide bonds. The highest BCUT2D eigenvalue weighted by Crippen LogP contribution is 2.26. The van der Waals surface area contributed by atoms with Crippen LogP contribution in [0.3, 0.4) is 0 Å². The minimum atomic E-state index is -0.320. The molecular weight excluding hydrogens is 203 g/mol.